The molecule has 8 N–H and O–H groups in total. The third-order valence-electron chi connectivity index (χ3n) is 6.43. The summed E-state index contributed by atoms with van der Waals surface area (Å²) in [5, 5.41) is 80.9. The van der Waals surface area contributed by atoms with Crippen molar-refractivity contribution in [1.82, 2.24) is 0 Å². The third kappa shape index (κ3) is 6.32. The van der Waals surface area contributed by atoms with Crippen molar-refractivity contribution in [3.05, 3.63) is 53.6 Å². The lowest BCUT2D eigenvalue weighted by Gasteiger charge is -2.43. The number of carbonyl (C=O) groups is 1. The number of benzene rings is 2. The highest BCUT2D eigenvalue weighted by Crippen LogP contribution is 2.36. The van der Waals surface area contributed by atoms with Crippen LogP contribution in [0.2, 0.25) is 0 Å². The number of phenols is 3. The second kappa shape index (κ2) is 11.9. The Morgan fingerprint density at radius 3 is 2.23 bits per heavy atom. The van der Waals surface area contributed by atoms with Gasteiger partial charge in [0.05, 0.1) is 12.7 Å². The molecule has 2 aliphatic heterocycles. The fourth-order valence-electron chi connectivity index (χ4n) is 4.18. The van der Waals surface area contributed by atoms with Crippen LogP contribution in [0.1, 0.15) is 22.8 Å². The molecule has 9 atom stereocenters. The van der Waals surface area contributed by atoms with Gasteiger partial charge in [-0.2, -0.15) is 0 Å². The van der Waals surface area contributed by atoms with Crippen LogP contribution in [0.25, 0.3) is 6.08 Å². The van der Waals surface area contributed by atoms with Gasteiger partial charge in [-0.25, -0.2) is 0 Å². The summed E-state index contributed by atoms with van der Waals surface area (Å²) in [6.07, 6.45) is -10.6. The van der Waals surface area contributed by atoms with E-state index < -0.39 is 79.2 Å². The van der Waals surface area contributed by atoms with Gasteiger partial charge in [-0.15, -0.1) is 0 Å². The normalized spacial score (nSPS) is 33.2. The van der Waals surface area contributed by atoms with E-state index in [1.807, 2.05) is 0 Å². The summed E-state index contributed by atoms with van der Waals surface area (Å²) >= 11 is 0. The highest BCUT2D eigenvalue weighted by molar-refractivity contribution is 6.10. The Morgan fingerprint density at radius 2 is 1.54 bits per heavy atom. The van der Waals surface area contributed by atoms with Crippen LogP contribution in [-0.4, -0.2) is 109 Å². The lowest BCUT2D eigenvalue weighted by molar-refractivity contribution is -0.333. The molecule has 3 unspecified atom stereocenters. The summed E-state index contributed by atoms with van der Waals surface area (Å²) < 4.78 is 21.9. The zero-order chi connectivity index (χ0) is 28.4. The largest absolute Gasteiger partial charge is 0.508 e. The quantitative estimate of drug-likeness (QED) is 0.159. The fourth-order valence-corrected chi connectivity index (χ4v) is 4.18. The highest BCUT2D eigenvalue weighted by atomic mass is 16.7. The molecular weight excluding hydrogens is 520 g/mol. The van der Waals surface area contributed by atoms with Gasteiger partial charge in [0.2, 0.25) is 6.29 Å². The Morgan fingerprint density at radius 1 is 0.872 bits per heavy atom. The number of phenolic OH excluding ortho intramolecular Hbond substituents is 3. The molecule has 4 rings (SSSR count). The van der Waals surface area contributed by atoms with E-state index in [-0.39, 0.29) is 17.1 Å². The minimum absolute atomic E-state index is 0.0413. The lowest BCUT2D eigenvalue weighted by Crippen LogP contribution is -2.61. The van der Waals surface area contributed by atoms with E-state index in [1.54, 1.807) is 12.1 Å². The Labute approximate surface area is 222 Å². The van der Waals surface area contributed by atoms with E-state index >= 15 is 0 Å². The summed E-state index contributed by atoms with van der Waals surface area (Å²) in [6, 6.07) is 7.90. The molecule has 2 aromatic carbocycles. The van der Waals surface area contributed by atoms with Gasteiger partial charge in [0.25, 0.3) is 0 Å². The SMILES string of the molecule is CC1O[C@@H](O[C@@H]2CO[C@@H](Oc3cc(O)cc(O)c3C(=O)/C=C/c3ccc(O)cc3)C(O)[C@H]2O)C(O)[C@@H](O)[C@H]1O. The smallest absolute Gasteiger partial charge is 0.228 e. The molecule has 13 nitrogen and oxygen atoms in total. The number of ether oxygens (including phenoxy) is 4. The number of rotatable bonds is 7. The van der Waals surface area contributed by atoms with E-state index in [0.29, 0.717) is 5.56 Å². The predicted molar refractivity (Wildman–Crippen MR) is 131 cm³/mol. The average molecular weight is 551 g/mol. The Balaban J connectivity index is 1.47. The van der Waals surface area contributed by atoms with Crippen molar-refractivity contribution >= 4 is 11.9 Å². The molecule has 2 aromatic rings. The zero-order valence-electron chi connectivity index (χ0n) is 20.6. The van der Waals surface area contributed by atoms with E-state index in [1.165, 1.54) is 25.1 Å². The van der Waals surface area contributed by atoms with E-state index in [9.17, 15) is 45.6 Å². The molecule has 13 heteroatoms. The maximum Gasteiger partial charge on any atom is 0.228 e. The maximum absolute atomic E-state index is 12.9. The van der Waals surface area contributed by atoms with Crippen LogP contribution in [-0.2, 0) is 14.2 Å². The number of aliphatic hydroxyl groups excluding tert-OH is 5. The summed E-state index contributed by atoms with van der Waals surface area (Å²) in [6.45, 7) is 1.06. The molecule has 0 bridgehead atoms. The van der Waals surface area contributed by atoms with Crippen molar-refractivity contribution in [2.45, 2.75) is 62.2 Å². The van der Waals surface area contributed by atoms with Gasteiger partial charge in [-0.05, 0) is 30.7 Å². The highest BCUT2D eigenvalue weighted by Gasteiger charge is 2.47. The van der Waals surface area contributed by atoms with Crippen LogP contribution >= 0.6 is 0 Å². The number of ketones is 1. The minimum Gasteiger partial charge on any atom is -0.508 e. The number of aliphatic hydroxyl groups is 5. The second-order valence-electron chi connectivity index (χ2n) is 9.28. The summed E-state index contributed by atoms with van der Waals surface area (Å²) in [5.74, 6) is -2.09. The monoisotopic (exact) mass is 550 g/mol. The van der Waals surface area contributed by atoms with Gasteiger partial charge in [-0.3, -0.25) is 4.79 Å². The molecular formula is C26H30O13. The summed E-state index contributed by atoms with van der Waals surface area (Å²) in [4.78, 5) is 12.9. The number of allylic oxidation sites excluding steroid dienone is 1. The molecule has 39 heavy (non-hydrogen) atoms. The van der Waals surface area contributed by atoms with Crippen molar-refractivity contribution in [3.63, 3.8) is 0 Å². The van der Waals surface area contributed by atoms with E-state index in [0.717, 1.165) is 18.2 Å². The molecule has 0 amide bonds. The van der Waals surface area contributed by atoms with Crippen LogP contribution in [0.3, 0.4) is 0 Å². The van der Waals surface area contributed by atoms with Crippen LogP contribution in [0.5, 0.6) is 23.0 Å². The average Bonchev–Trinajstić information content (AvgIpc) is 2.89. The first-order valence-corrected chi connectivity index (χ1v) is 12.0. The van der Waals surface area contributed by atoms with E-state index in [4.69, 9.17) is 18.9 Å². The van der Waals surface area contributed by atoms with Crippen LogP contribution in [0.4, 0.5) is 0 Å². The molecule has 2 heterocycles. The van der Waals surface area contributed by atoms with Crippen LogP contribution < -0.4 is 4.74 Å². The third-order valence-corrected chi connectivity index (χ3v) is 6.43. The van der Waals surface area contributed by atoms with Gasteiger partial charge in [0.15, 0.2) is 12.1 Å². The van der Waals surface area contributed by atoms with Crippen molar-refractivity contribution in [3.8, 4) is 23.0 Å². The minimum atomic E-state index is -1.77. The van der Waals surface area contributed by atoms with Gasteiger partial charge < -0.3 is 59.8 Å². The van der Waals surface area contributed by atoms with Gasteiger partial charge in [0, 0.05) is 12.1 Å². The zero-order valence-corrected chi connectivity index (χ0v) is 20.6. The Bertz CT molecular complexity index is 1180. The molecule has 0 aliphatic carbocycles. The Hall–Kier alpha value is -3.27. The standard InChI is InChI=1S/C26H30O13/c1-11-20(31)22(33)24(35)26(37-11)39-18-10-36-25(23(34)21(18)32)38-17-9-14(28)8-16(30)19(17)15(29)7-4-12-2-5-13(27)6-3-12/h2-9,11,18,20-28,30-35H,10H2,1H3/b7-4+/t11?,18-,20+,21+,22+,23?,24?,25+,26+/m1/s1. The van der Waals surface area contributed by atoms with Crippen molar-refractivity contribution in [2.75, 3.05) is 6.61 Å². The van der Waals surface area contributed by atoms with Crippen LogP contribution in [0, 0.1) is 0 Å². The molecule has 2 aliphatic rings. The lowest BCUT2D eigenvalue weighted by atomic mass is 9.99. The predicted octanol–water partition coefficient (Wildman–Crippen LogP) is -0.631. The molecule has 0 aromatic heterocycles. The molecule has 2 fully saturated rings. The molecule has 2 saturated heterocycles. The van der Waals surface area contributed by atoms with Crippen molar-refractivity contribution in [1.29, 1.82) is 0 Å². The topological polar surface area (TPSA) is 216 Å². The molecule has 0 spiro atoms. The van der Waals surface area contributed by atoms with Gasteiger partial charge >= 0.3 is 0 Å². The van der Waals surface area contributed by atoms with Gasteiger partial charge in [0.1, 0.15) is 65.2 Å². The van der Waals surface area contributed by atoms with Crippen molar-refractivity contribution < 1.29 is 64.6 Å². The van der Waals surface area contributed by atoms with Crippen LogP contribution in [0.15, 0.2) is 42.5 Å². The first-order valence-electron chi connectivity index (χ1n) is 12.0. The number of hydrogen-bond acceptors (Lipinski definition) is 13. The first kappa shape index (κ1) is 28.7. The van der Waals surface area contributed by atoms with E-state index in [2.05, 4.69) is 0 Å². The molecule has 0 saturated carbocycles. The van der Waals surface area contributed by atoms with Crippen molar-refractivity contribution in [2.24, 2.45) is 0 Å². The number of carbonyl (C=O) groups excluding carboxylic acids is 1. The Kier molecular flexibility index (Phi) is 8.73. The maximum atomic E-state index is 12.9. The number of aromatic hydroxyl groups is 3. The number of hydrogen-bond donors (Lipinski definition) is 8. The second-order valence-corrected chi connectivity index (χ2v) is 9.28. The molecule has 212 valence electrons. The first-order chi connectivity index (χ1) is 18.5. The van der Waals surface area contributed by atoms with Gasteiger partial charge in [-0.1, -0.05) is 18.2 Å². The fraction of sp³-hybridized carbons (Fsp3) is 0.423. The summed E-state index contributed by atoms with van der Waals surface area (Å²) in [5.41, 5.74) is 0.220. The molecule has 0 radical (unpaired) electrons. The summed E-state index contributed by atoms with van der Waals surface area (Å²) in [7, 11) is 0.